The van der Waals surface area contributed by atoms with E-state index in [1.54, 1.807) is 47.9 Å². The number of thiazole rings is 1. The third kappa shape index (κ3) is 5.90. The molecule has 7 heteroatoms. The summed E-state index contributed by atoms with van der Waals surface area (Å²) in [6.07, 6.45) is 1.62. The standard InChI is InChI=1S/C24H21N3O3S/c1-17-26-20(16-31-17)15-30-22-12-19(24(28)27-23-9-5-6-10-25-23)11-21(13-22)29-14-18-7-3-2-4-8-18/h2-13,16H,14-15H2,1H3,(H,25,27,28). The van der Waals surface area contributed by atoms with Gasteiger partial charge in [-0.2, -0.15) is 0 Å². The molecule has 4 rings (SSSR count). The first-order valence-corrected chi connectivity index (χ1v) is 10.6. The van der Waals surface area contributed by atoms with E-state index in [-0.39, 0.29) is 5.91 Å². The third-order valence-corrected chi connectivity index (χ3v) is 5.17. The van der Waals surface area contributed by atoms with Crippen molar-refractivity contribution < 1.29 is 14.3 Å². The van der Waals surface area contributed by atoms with Gasteiger partial charge in [0.1, 0.15) is 30.5 Å². The number of rotatable bonds is 8. The molecule has 0 aliphatic carbocycles. The number of amides is 1. The summed E-state index contributed by atoms with van der Waals surface area (Å²) in [5.41, 5.74) is 2.30. The fourth-order valence-corrected chi connectivity index (χ4v) is 3.46. The highest BCUT2D eigenvalue weighted by Crippen LogP contribution is 2.25. The predicted molar refractivity (Wildman–Crippen MR) is 121 cm³/mol. The monoisotopic (exact) mass is 431 g/mol. The number of carbonyl (C=O) groups excluding carboxylic acids is 1. The first-order chi connectivity index (χ1) is 15.2. The van der Waals surface area contributed by atoms with E-state index in [1.165, 1.54) is 0 Å². The maximum Gasteiger partial charge on any atom is 0.257 e. The van der Waals surface area contributed by atoms with Crippen molar-refractivity contribution in [3.05, 3.63) is 100 Å². The molecule has 1 N–H and O–H groups in total. The van der Waals surface area contributed by atoms with Crippen molar-refractivity contribution >= 4 is 23.1 Å². The summed E-state index contributed by atoms with van der Waals surface area (Å²) >= 11 is 1.57. The van der Waals surface area contributed by atoms with E-state index in [0.29, 0.717) is 36.1 Å². The number of carbonyl (C=O) groups is 1. The van der Waals surface area contributed by atoms with Gasteiger partial charge < -0.3 is 14.8 Å². The van der Waals surface area contributed by atoms with Gasteiger partial charge in [-0.05, 0) is 36.8 Å². The highest BCUT2D eigenvalue weighted by molar-refractivity contribution is 7.09. The summed E-state index contributed by atoms with van der Waals surface area (Å²) in [5.74, 6) is 1.26. The first-order valence-electron chi connectivity index (χ1n) is 9.74. The van der Waals surface area contributed by atoms with Crippen LogP contribution in [-0.2, 0) is 13.2 Å². The smallest absolute Gasteiger partial charge is 0.257 e. The lowest BCUT2D eigenvalue weighted by atomic mass is 10.2. The number of ether oxygens (including phenoxy) is 2. The van der Waals surface area contributed by atoms with Gasteiger partial charge in [0.2, 0.25) is 0 Å². The second-order valence-corrected chi connectivity index (χ2v) is 7.85. The molecule has 0 saturated carbocycles. The lowest BCUT2D eigenvalue weighted by Gasteiger charge is -2.12. The fraction of sp³-hybridized carbons (Fsp3) is 0.125. The molecular formula is C24H21N3O3S. The predicted octanol–water partition coefficient (Wildman–Crippen LogP) is 5.26. The molecule has 0 aliphatic rings. The number of nitrogens with zero attached hydrogens (tertiary/aromatic N) is 2. The molecule has 0 atom stereocenters. The Morgan fingerprint density at radius 2 is 1.71 bits per heavy atom. The molecule has 2 aromatic carbocycles. The van der Waals surface area contributed by atoms with Crippen molar-refractivity contribution in [1.29, 1.82) is 0 Å². The SMILES string of the molecule is Cc1nc(COc2cc(OCc3ccccc3)cc(C(=O)Nc3ccccn3)c2)cs1. The van der Waals surface area contributed by atoms with Gasteiger partial charge in [-0.1, -0.05) is 36.4 Å². The van der Waals surface area contributed by atoms with E-state index in [2.05, 4.69) is 15.3 Å². The Bertz CT molecular complexity index is 1150. The summed E-state index contributed by atoms with van der Waals surface area (Å²) in [7, 11) is 0. The minimum absolute atomic E-state index is 0.293. The number of benzene rings is 2. The second kappa shape index (κ2) is 9.86. The zero-order valence-corrected chi connectivity index (χ0v) is 17.8. The van der Waals surface area contributed by atoms with Crippen LogP contribution in [0.4, 0.5) is 5.82 Å². The lowest BCUT2D eigenvalue weighted by Crippen LogP contribution is -2.13. The van der Waals surface area contributed by atoms with Crippen molar-refractivity contribution in [2.75, 3.05) is 5.32 Å². The van der Waals surface area contributed by atoms with E-state index < -0.39 is 0 Å². The van der Waals surface area contributed by atoms with Crippen LogP contribution in [-0.4, -0.2) is 15.9 Å². The Morgan fingerprint density at radius 3 is 2.39 bits per heavy atom. The van der Waals surface area contributed by atoms with Crippen LogP contribution >= 0.6 is 11.3 Å². The second-order valence-electron chi connectivity index (χ2n) is 6.78. The molecule has 0 aliphatic heterocycles. The lowest BCUT2D eigenvalue weighted by molar-refractivity contribution is 0.102. The summed E-state index contributed by atoms with van der Waals surface area (Å²) in [6.45, 7) is 2.65. The van der Waals surface area contributed by atoms with Crippen molar-refractivity contribution in [3.8, 4) is 11.5 Å². The van der Waals surface area contributed by atoms with E-state index in [4.69, 9.17) is 9.47 Å². The van der Waals surface area contributed by atoms with Gasteiger partial charge in [0.25, 0.3) is 5.91 Å². The van der Waals surface area contributed by atoms with Crippen LogP contribution in [0.3, 0.4) is 0 Å². The highest BCUT2D eigenvalue weighted by Gasteiger charge is 2.12. The Morgan fingerprint density at radius 1 is 0.968 bits per heavy atom. The van der Waals surface area contributed by atoms with Crippen LogP contribution in [0.15, 0.2) is 78.3 Å². The number of aromatic nitrogens is 2. The summed E-state index contributed by atoms with van der Waals surface area (Å²) in [4.78, 5) is 21.4. The van der Waals surface area contributed by atoms with E-state index in [0.717, 1.165) is 16.3 Å². The van der Waals surface area contributed by atoms with Gasteiger partial charge >= 0.3 is 0 Å². The normalized spacial score (nSPS) is 10.5. The van der Waals surface area contributed by atoms with Crippen molar-refractivity contribution in [1.82, 2.24) is 9.97 Å². The molecular weight excluding hydrogens is 410 g/mol. The Kier molecular flexibility index (Phi) is 6.54. The molecule has 0 unspecified atom stereocenters. The van der Waals surface area contributed by atoms with E-state index in [1.807, 2.05) is 48.7 Å². The minimum Gasteiger partial charge on any atom is -0.489 e. The Hall–Kier alpha value is -3.71. The molecule has 156 valence electrons. The summed E-state index contributed by atoms with van der Waals surface area (Å²) < 4.78 is 11.8. The van der Waals surface area contributed by atoms with Gasteiger partial charge in [-0.3, -0.25) is 4.79 Å². The number of pyridine rings is 1. The number of nitrogens with one attached hydrogen (secondary N) is 1. The van der Waals surface area contributed by atoms with Crippen LogP contribution < -0.4 is 14.8 Å². The minimum atomic E-state index is -0.293. The van der Waals surface area contributed by atoms with Crippen LogP contribution in [0.25, 0.3) is 0 Å². The van der Waals surface area contributed by atoms with Crippen molar-refractivity contribution in [3.63, 3.8) is 0 Å². The molecule has 0 fully saturated rings. The van der Waals surface area contributed by atoms with Gasteiger partial charge in [-0.25, -0.2) is 9.97 Å². The number of anilines is 1. The van der Waals surface area contributed by atoms with Crippen LogP contribution in [0, 0.1) is 6.92 Å². The zero-order valence-electron chi connectivity index (χ0n) is 16.9. The average molecular weight is 432 g/mol. The summed E-state index contributed by atoms with van der Waals surface area (Å²) in [5, 5.41) is 5.73. The molecule has 31 heavy (non-hydrogen) atoms. The topological polar surface area (TPSA) is 73.3 Å². The molecule has 0 saturated heterocycles. The Labute approximate surface area is 184 Å². The van der Waals surface area contributed by atoms with Gasteiger partial charge in [0.05, 0.1) is 10.7 Å². The first kappa shape index (κ1) is 20.6. The largest absolute Gasteiger partial charge is 0.489 e. The quantitative estimate of drug-likeness (QED) is 0.412. The zero-order chi connectivity index (χ0) is 21.5. The molecule has 0 spiro atoms. The van der Waals surface area contributed by atoms with Crippen molar-refractivity contribution in [2.45, 2.75) is 20.1 Å². The van der Waals surface area contributed by atoms with Crippen LogP contribution in [0.2, 0.25) is 0 Å². The van der Waals surface area contributed by atoms with Crippen LogP contribution in [0.1, 0.15) is 26.6 Å². The fourth-order valence-electron chi connectivity index (χ4n) is 2.87. The molecule has 0 bridgehead atoms. The van der Waals surface area contributed by atoms with E-state index in [9.17, 15) is 4.79 Å². The molecule has 2 aromatic heterocycles. The maximum atomic E-state index is 12.8. The van der Waals surface area contributed by atoms with Crippen LogP contribution in [0.5, 0.6) is 11.5 Å². The van der Waals surface area contributed by atoms with Gasteiger partial charge in [-0.15, -0.1) is 11.3 Å². The van der Waals surface area contributed by atoms with Gasteiger partial charge in [0.15, 0.2) is 0 Å². The Balaban J connectivity index is 1.53. The molecule has 4 aromatic rings. The number of hydrogen-bond acceptors (Lipinski definition) is 6. The average Bonchev–Trinajstić information content (AvgIpc) is 3.23. The number of aryl methyl sites for hydroxylation is 1. The molecule has 6 nitrogen and oxygen atoms in total. The van der Waals surface area contributed by atoms with Crippen molar-refractivity contribution in [2.24, 2.45) is 0 Å². The maximum absolute atomic E-state index is 12.8. The summed E-state index contributed by atoms with van der Waals surface area (Å²) in [6, 6.07) is 20.3. The third-order valence-electron chi connectivity index (χ3n) is 4.35. The van der Waals surface area contributed by atoms with E-state index >= 15 is 0 Å². The molecule has 1 amide bonds. The highest BCUT2D eigenvalue weighted by atomic mass is 32.1. The molecule has 2 heterocycles. The van der Waals surface area contributed by atoms with Gasteiger partial charge in [0, 0.05) is 23.2 Å². The molecule has 0 radical (unpaired) electrons. The number of hydrogen-bond donors (Lipinski definition) is 1.